The Hall–Kier alpha value is -1.27. The lowest BCUT2D eigenvalue weighted by molar-refractivity contribution is -0.188. The first-order valence-electron chi connectivity index (χ1n) is 4.83. The summed E-state index contributed by atoms with van der Waals surface area (Å²) in [5.41, 5.74) is -1.52. The summed E-state index contributed by atoms with van der Waals surface area (Å²) < 4.78 is 37.0. The van der Waals surface area contributed by atoms with Crippen molar-refractivity contribution >= 4 is 12.4 Å². The fraction of sp³-hybridized carbons (Fsp3) is 0.778. The number of carboxylic acid groups (broad SMARTS) is 1. The summed E-state index contributed by atoms with van der Waals surface area (Å²) in [4.78, 5) is 21.2. The van der Waals surface area contributed by atoms with E-state index in [4.69, 9.17) is 5.11 Å². The van der Waals surface area contributed by atoms with Crippen molar-refractivity contribution < 1.29 is 27.9 Å². The van der Waals surface area contributed by atoms with Crippen molar-refractivity contribution in [3.05, 3.63) is 0 Å². The highest BCUT2D eigenvalue weighted by Gasteiger charge is 2.48. The monoisotopic (exact) mass is 239 g/mol. The van der Waals surface area contributed by atoms with Gasteiger partial charge in [-0.05, 0) is 25.7 Å². The van der Waals surface area contributed by atoms with Crippen LogP contribution < -0.4 is 5.32 Å². The van der Waals surface area contributed by atoms with Crippen molar-refractivity contribution in [1.29, 1.82) is 0 Å². The third-order valence-corrected chi connectivity index (χ3v) is 3.05. The van der Waals surface area contributed by atoms with Gasteiger partial charge in [0.1, 0.15) is 5.54 Å². The van der Waals surface area contributed by atoms with E-state index in [0.717, 1.165) is 0 Å². The molecule has 0 aliphatic heterocycles. The lowest BCUT2D eigenvalue weighted by Crippen LogP contribution is -2.54. The normalized spacial score (nSPS) is 30.8. The summed E-state index contributed by atoms with van der Waals surface area (Å²) in [6.07, 6.45) is -4.97. The zero-order valence-electron chi connectivity index (χ0n) is 8.38. The molecule has 16 heavy (non-hydrogen) atoms. The van der Waals surface area contributed by atoms with Gasteiger partial charge in [-0.15, -0.1) is 0 Å². The van der Waals surface area contributed by atoms with Gasteiger partial charge in [0, 0.05) is 0 Å². The summed E-state index contributed by atoms with van der Waals surface area (Å²) in [6, 6.07) is 0. The Morgan fingerprint density at radius 2 is 1.88 bits per heavy atom. The van der Waals surface area contributed by atoms with Gasteiger partial charge >= 0.3 is 12.1 Å². The van der Waals surface area contributed by atoms with E-state index in [1.54, 1.807) is 0 Å². The molecule has 0 aromatic rings. The van der Waals surface area contributed by atoms with Gasteiger partial charge in [-0.25, -0.2) is 4.79 Å². The van der Waals surface area contributed by atoms with Crippen LogP contribution in [0.3, 0.4) is 0 Å². The average Bonchev–Trinajstić information content (AvgIpc) is 2.17. The number of alkyl halides is 3. The molecule has 1 aliphatic carbocycles. The van der Waals surface area contributed by atoms with E-state index in [1.165, 1.54) is 0 Å². The Labute approximate surface area is 89.8 Å². The highest BCUT2D eigenvalue weighted by molar-refractivity contribution is 5.81. The Morgan fingerprint density at radius 3 is 2.19 bits per heavy atom. The number of nitrogens with one attached hydrogen (secondary N) is 1. The van der Waals surface area contributed by atoms with E-state index < -0.39 is 23.6 Å². The van der Waals surface area contributed by atoms with Crippen molar-refractivity contribution in [3.63, 3.8) is 0 Å². The van der Waals surface area contributed by atoms with Gasteiger partial charge in [0.05, 0.1) is 5.92 Å². The molecule has 0 bridgehead atoms. The molecule has 0 heterocycles. The van der Waals surface area contributed by atoms with Crippen LogP contribution in [0.5, 0.6) is 0 Å². The van der Waals surface area contributed by atoms with Gasteiger partial charge in [0.2, 0.25) is 6.41 Å². The maximum atomic E-state index is 12.3. The van der Waals surface area contributed by atoms with Crippen LogP contribution >= 0.6 is 0 Å². The Balaban J connectivity index is 2.70. The maximum absolute atomic E-state index is 12.3. The molecule has 0 atom stereocenters. The zero-order valence-corrected chi connectivity index (χ0v) is 8.38. The fourth-order valence-corrected chi connectivity index (χ4v) is 1.97. The van der Waals surface area contributed by atoms with Crippen molar-refractivity contribution in [2.45, 2.75) is 37.4 Å². The van der Waals surface area contributed by atoms with Gasteiger partial charge in [-0.2, -0.15) is 13.2 Å². The molecule has 0 radical (unpaired) electrons. The molecule has 92 valence electrons. The molecule has 7 heteroatoms. The van der Waals surface area contributed by atoms with Crippen LogP contribution in [0.2, 0.25) is 0 Å². The minimum absolute atomic E-state index is 0.189. The van der Waals surface area contributed by atoms with Gasteiger partial charge < -0.3 is 10.4 Å². The molecule has 1 fully saturated rings. The molecule has 1 amide bonds. The standard InChI is InChI=1S/C9H12F3NO3/c10-9(11,12)6-1-3-8(4-2-6,7(15)16)13-5-14/h5-6H,1-4H2,(H,13,14)(H,15,16). The predicted molar refractivity (Wildman–Crippen MR) is 47.6 cm³/mol. The summed E-state index contributed by atoms with van der Waals surface area (Å²) in [5.74, 6) is -2.74. The topological polar surface area (TPSA) is 66.4 Å². The first-order chi connectivity index (χ1) is 7.32. The number of carboxylic acids is 1. The third kappa shape index (κ3) is 2.45. The second-order valence-corrected chi connectivity index (χ2v) is 3.97. The molecule has 0 aromatic carbocycles. The van der Waals surface area contributed by atoms with Gasteiger partial charge in [0.25, 0.3) is 0 Å². The summed E-state index contributed by atoms with van der Waals surface area (Å²) >= 11 is 0. The summed E-state index contributed by atoms with van der Waals surface area (Å²) in [7, 11) is 0. The van der Waals surface area contributed by atoms with E-state index in [9.17, 15) is 22.8 Å². The molecule has 1 rings (SSSR count). The minimum Gasteiger partial charge on any atom is -0.480 e. The number of carbonyl (C=O) groups excluding carboxylic acids is 1. The van der Waals surface area contributed by atoms with Crippen LogP contribution in [-0.2, 0) is 9.59 Å². The molecule has 0 saturated heterocycles. The molecule has 1 aliphatic rings. The number of hydrogen-bond donors (Lipinski definition) is 2. The lowest BCUT2D eigenvalue weighted by atomic mass is 9.76. The van der Waals surface area contributed by atoms with Crippen LogP contribution in [-0.4, -0.2) is 29.2 Å². The molecule has 0 unspecified atom stereocenters. The number of carbonyl (C=O) groups is 2. The number of rotatable bonds is 3. The predicted octanol–water partition coefficient (Wildman–Crippen LogP) is 1.31. The Morgan fingerprint density at radius 1 is 1.38 bits per heavy atom. The lowest BCUT2D eigenvalue weighted by Gasteiger charge is -2.36. The quantitative estimate of drug-likeness (QED) is 0.730. The number of amides is 1. The zero-order chi connectivity index (χ0) is 12.4. The van der Waals surface area contributed by atoms with Crippen LogP contribution in [0.1, 0.15) is 25.7 Å². The SMILES string of the molecule is O=CNC1(C(=O)O)CCC(C(F)(F)F)CC1. The first kappa shape index (κ1) is 12.8. The van der Waals surface area contributed by atoms with E-state index in [2.05, 4.69) is 5.32 Å². The number of aliphatic carboxylic acids is 1. The van der Waals surface area contributed by atoms with Crippen LogP contribution in [0.25, 0.3) is 0 Å². The van der Waals surface area contributed by atoms with Gasteiger partial charge in [-0.1, -0.05) is 0 Å². The minimum atomic E-state index is -4.29. The number of hydrogen-bond acceptors (Lipinski definition) is 2. The molecular weight excluding hydrogens is 227 g/mol. The van der Waals surface area contributed by atoms with Crippen molar-refractivity contribution in [2.24, 2.45) is 5.92 Å². The van der Waals surface area contributed by atoms with Crippen molar-refractivity contribution in [2.75, 3.05) is 0 Å². The van der Waals surface area contributed by atoms with Crippen LogP contribution in [0.15, 0.2) is 0 Å². The molecule has 0 spiro atoms. The largest absolute Gasteiger partial charge is 0.480 e. The molecule has 1 saturated carbocycles. The fourth-order valence-electron chi connectivity index (χ4n) is 1.97. The smallest absolute Gasteiger partial charge is 0.391 e. The van der Waals surface area contributed by atoms with Gasteiger partial charge in [0.15, 0.2) is 0 Å². The summed E-state index contributed by atoms with van der Waals surface area (Å²) in [6.45, 7) is 0. The second-order valence-electron chi connectivity index (χ2n) is 3.97. The highest BCUT2D eigenvalue weighted by atomic mass is 19.4. The second kappa shape index (κ2) is 4.31. The van der Waals surface area contributed by atoms with E-state index >= 15 is 0 Å². The van der Waals surface area contributed by atoms with Crippen LogP contribution in [0, 0.1) is 5.92 Å². The molecule has 0 aromatic heterocycles. The van der Waals surface area contributed by atoms with Crippen molar-refractivity contribution in [1.82, 2.24) is 5.32 Å². The average molecular weight is 239 g/mol. The molecule has 4 nitrogen and oxygen atoms in total. The highest BCUT2D eigenvalue weighted by Crippen LogP contribution is 2.41. The van der Waals surface area contributed by atoms with E-state index in [0.29, 0.717) is 0 Å². The van der Waals surface area contributed by atoms with Gasteiger partial charge in [-0.3, -0.25) is 4.79 Å². The molecule has 2 N–H and O–H groups in total. The third-order valence-electron chi connectivity index (χ3n) is 3.05. The summed E-state index contributed by atoms with van der Waals surface area (Å²) in [5, 5.41) is 11.0. The molecular formula is C9H12F3NO3. The van der Waals surface area contributed by atoms with E-state index in [-0.39, 0.29) is 32.1 Å². The van der Waals surface area contributed by atoms with E-state index in [1.807, 2.05) is 0 Å². The Kier molecular flexibility index (Phi) is 3.44. The van der Waals surface area contributed by atoms with Crippen LogP contribution in [0.4, 0.5) is 13.2 Å². The van der Waals surface area contributed by atoms with Crippen molar-refractivity contribution in [3.8, 4) is 0 Å². The maximum Gasteiger partial charge on any atom is 0.391 e. The Bertz CT molecular complexity index is 282. The first-order valence-corrected chi connectivity index (χ1v) is 4.83. The number of halogens is 3.